The first-order valence-electron chi connectivity index (χ1n) is 17.1. The van der Waals surface area contributed by atoms with Crippen LogP contribution in [-0.2, 0) is 0 Å². The molecule has 0 atom stereocenters. The van der Waals surface area contributed by atoms with Crippen molar-refractivity contribution in [3.8, 4) is 45.4 Å². The van der Waals surface area contributed by atoms with Gasteiger partial charge in [0.25, 0.3) is 0 Å². The van der Waals surface area contributed by atoms with Crippen molar-refractivity contribution in [2.24, 2.45) is 0 Å². The van der Waals surface area contributed by atoms with Gasteiger partial charge in [0.1, 0.15) is 17.3 Å². The van der Waals surface area contributed by atoms with Gasteiger partial charge < -0.3 is 9.30 Å². The number of pyridine rings is 2. The standard InChI is InChI=1S/C46H30N4O/c1-3-12-31(13-4-1)32-25-27-47-40(29-32)33-14-11-17-35(28-33)51-36-21-22-39-43(30-36)50(44-20-9-10-26-48-44)42-24-23-38-37-18-7-8-19-41(37)49(46(38)45(39)42)34-15-5-2-6-16-34/h1-30H. The molecule has 0 saturated carbocycles. The predicted octanol–water partition coefficient (Wildman–Crippen LogP) is 11.8. The van der Waals surface area contributed by atoms with Crippen molar-refractivity contribution in [2.75, 3.05) is 0 Å². The Morgan fingerprint density at radius 3 is 2.04 bits per heavy atom. The highest BCUT2D eigenvalue weighted by molar-refractivity contribution is 6.26. The van der Waals surface area contributed by atoms with Crippen molar-refractivity contribution in [3.63, 3.8) is 0 Å². The minimum absolute atomic E-state index is 0.741. The summed E-state index contributed by atoms with van der Waals surface area (Å²) in [7, 11) is 0. The summed E-state index contributed by atoms with van der Waals surface area (Å²) < 4.78 is 11.3. The first-order chi connectivity index (χ1) is 25.3. The SMILES string of the molecule is c1ccc(-c2ccnc(-c3cccc(Oc4ccc5c6c(ccc7c8ccccc8n(-c8ccccc8)c76)n(-c6ccccn6)c5c4)c3)c2)cc1. The van der Waals surface area contributed by atoms with Crippen molar-refractivity contribution in [1.82, 2.24) is 19.1 Å². The van der Waals surface area contributed by atoms with E-state index < -0.39 is 0 Å². The lowest BCUT2D eigenvalue weighted by molar-refractivity contribution is 0.483. The number of ether oxygens (including phenoxy) is 1. The molecule has 0 fully saturated rings. The number of para-hydroxylation sites is 2. The Morgan fingerprint density at radius 1 is 0.412 bits per heavy atom. The van der Waals surface area contributed by atoms with Crippen molar-refractivity contribution >= 4 is 43.6 Å². The molecule has 10 rings (SSSR count). The van der Waals surface area contributed by atoms with Crippen LogP contribution in [0.1, 0.15) is 0 Å². The third kappa shape index (κ3) is 4.86. The molecule has 0 spiro atoms. The van der Waals surface area contributed by atoms with Crippen molar-refractivity contribution in [1.29, 1.82) is 0 Å². The van der Waals surface area contributed by atoms with Crippen molar-refractivity contribution in [3.05, 3.63) is 182 Å². The smallest absolute Gasteiger partial charge is 0.137 e. The van der Waals surface area contributed by atoms with E-state index in [9.17, 15) is 0 Å². The van der Waals surface area contributed by atoms with Gasteiger partial charge in [-0.2, -0.15) is 0 Å². The van der Waals surface area contributed by atoms with E-state index in [2.05, 4.69) is 143 Å². The first-order valence-corrected chi connectivity index (χ1v) is 17.1. The molecule has 6 aromatic carbocycles. The Balaban J connectivity index is 1.15. The van der Waals surface area contributed by atoms with Crippen LogP contribution in [0.2, 0.25) is 0 Å². The Morgan fingerprint density at radius 2 is 1.18 bits per heavy atom. The zero-order chi connectivity index (χ0) is 33.7. The van der Waals surface area contributed by atoms with E-state index >= 15 is 0 Å². The summed E-state index contributed by atoms with van der Waals surface area (Å²) in [6.07, 6.45) is 3.71. The topological polar surface area (TPSA) is 44.9 Å². The molecule has 0 aliphatic heterocycles. The molecule has 4 aromatic heterocycles. The van der Waals surface area contributed by atoms with Gasteiger partial charge in [-0.25, -0.2) is 4.98 Å². The largest absolute Gasteiger partial charge is 0.457 e. The Bertz CT molecular complexity index is 2870. The maximum atomic E-state index is 6.61. The van der Waals surface area contributed by atoms with Crippen LogP contribution in [0.5, 0.6) is 11.5 Å². The van der Waals surface area contributed by atoms with Crippen molar-refractivity contribution < 1.29 is 4.74 Å². The third-order valence-electron chi connectivity index (χ3n) is 9.66. The highest BCUT2D eigenvalue weighted by atomic mass is 16.5. The predicted molar refractivity (Wildman–Crippen MR) is 208 cm³/mol. The van der Waals surface area contributed by atoms with Gasteiger partial charge in [0.15, 0.2) is 0 Å². The van der Waals surface area contributed by atoms with E-state index in [0.29, 0.717) is 0 Å². The van der Waals surface area contributed by atoms with E-state index in [4.69, 9.17) is 14.7 Å². The van der Waals surface area contributed by atoms with Crippen LogP contribution in [0.4, 0.5) is 0 Å². The Labute approximate surface area is 294 Å². The van der Waals surface area contributed by atoms with Gasteiger partial charge in [0.05, 0.1) is 27.8 Å². The number of hydrogen-bond acceptors (Lipinski definition) is 3. The average molecular weight is 655 g/mol. The maximum absolute atomic E-state index is 6.61. The second-order valence-corrected chi connectivity index (χ2v) is 12.7. The minimum Gasteiger partial charge on any atom is -0.457 e. The summed E-state index contributed by atoms with van der Waals surface area (Å²) in [4.78, 5) is 9.52. The molecule has 0 aliphatic carbocycles. The molecule has 0 radical (unpaired) electrons. The lowest BCUT2D eigenvalue weighted by atomic mass is 10.0. The third-order valence-corrected chi connectivity index (χ3v) is 9.66. The summed E-state index contributed by atoms with van der Waals surface area (Å²) in [5, 5.41) is 4.74. The highest BCUT2D eigenvalue weighted by Gasteiger charge is 2.21. The van der Waals surface area contributed by atoms with Crippen LogP contribution < -0.4 is 4.74 Å². The van der Waals surface area contributed by atoms with Crippen molar-refractivity contribution in [2.45, 2.75) is 0 Å². The summed E-state index contributed by atoms with van der Waals surface area (Å²) in [6, 6.07) is 58.9. The van der Waals surface area contributed by atoms with Gasteiger partial charge in [0, 0.05) is 51.3 Å². The molecule has 5 heteroatoms. The summed E-state index contributed by atoms with van der Waals surface area (Å²) >= 11 is 0. The summed E-state index contributed by atoms with van der Waals surface area (Å²) in [5.74, 6) is 2.33. The molecule has 10 aromatic rings. The minimum atomic E-state index is 0.741. The fraction of sp³-hybridized carbons (Fsp3) is 0. The summed E-state index contributed by atoms with van der Waals surface area (Å²) in [6.45, 7) is 0. The fourth-order valence-corrected chi connectivity index (χ4v) is 7.43. The quantitative estimate of drug-likeness (QED) is 0.179. The first kappa shape index (κ1) is 29.0. The van der Waals surface area contributed by atoms with E-state index in [1.54, 1.807) is 0 Å². The van der Waals surface area contributed by atoms with E-state index in [-0.39, 0.29) is 0 Å². The molecule has 0 amide bonds. The van der Waals surface area contributed by atoms with E-state index in [0.717, 1.165) is 61.8 Å². The van der Waals surface area contributed by atoms with E-state index in [1.807, 2.05) is 48.8 Å². The zero-order valence-corrected chi connectivity index (χ0v) is 27.5. The summed E-state index contributed by atoms with van der Waals surface area (Å²) in [5.41, 5.74) is 9.74. The van der Waals surface area contributed by atoms with Gasteiger partial charge in [-0.3, -0.25) is 9.55 Å². The Kier molecular flexibility index (Phi) is 6.74. The number of aromatic nitrogens is 4. The number of fused-ring (bicyclic) bond motifs is 7. The molecule has 240 valence electrons. The zero-order valence-electron chi connectivity index (χ0n) is 27.5. The number of hydrogen-bond donors (Lipinski definition) is 0. The normalized spacial score (nSPS) is 11.5. The molecule has 51 heavy (non-hydrogen) atoms. The maximum Gasteiger partial charge on any atom is 0.137 e. The van der Waals surface area contributed by atoms with Crippen LogP contribution in [-0.4, -0.2) is 19.1 Å². The van der Waals surface area contributed by atoms with Crippen LogP contribution in [0.15, 0.2) is 182 Å². The fourth-order valence-electron chi connectivity index (χ4n) is 7.43. The van der Waals surface area contributed by atoms with Gasteiger partial charge in [-0.1, -0.05) is 91.0 Å². The number of benzene rings is 6. The lowest BCUT2D eigenvalue weighted by Gasteiger charge is -2.10. The van der Waals surface area contributed by atoms with Gasteiger partial charge in [-0.05, 0) is 83.9 Å². The molecular weight excluding hydrogens is 625 g/mol. The van der Waals surface area contributed by atoms with Crippen LogP contribution in [0.25, 0.3) is 77.5 Å². The highest BCUT2D eigenvalue weighted by Crippen LogP contribution is 2.43. The van der Waals surface area contributed by atoms with Gasteiger partial charge in [-0.15, -0.1) is 0 Å². The second-order valence-electron chi connectivity index (χ2n) is 12.7. The molecule has 0 saturated heterocycles. The second kappa shape index (κ2) is 11.9. The molecular formula is C46H30N4O. The van der Waals surface area contributed by atoms with E-state index in [1.165, 1.54) is 27.2 Å². The van der Waals surface area contributed by atoms with Gasteiger partial charge in [0.2, 0.25) is 0 Å². The molecule has 5 nitrogen and oxygen atoms in total. The molecule has 0 bridgehead atoms. The molecule has 4 heterocycles. The van der Waals surface area contributed by atoms with Crippen LogP contribution in [0.3, 0.4) is 0 Å². The Hall–Kier alpha value is -6.98. The molecule has 0 aliphatic rings. The lowest BCUT2D eigenvalue weighted by Crippen LogP contribution is -1.97. The number of nitrogens with zero attached hydrogens (tertiary/aromatic N) is 4. The monoisotopic (exact) mass is 654 g/mol. The molecule has 0 N–H and O–H groups in total. The van der Waals surface area contributed by atoms with Gasteiger partial charge >= 0.3 is 0 Å². The number of rotatable bonds is 6. The molecule has 0 unspecified atom stereocenters. The van der Waals surface area contributed by atoms with Crippen LogP contribution >= 0.6 is 0 Å². The van der Waals surface area contributed by atoms with Crippen LogP contribution in [0, 0.1) is 0 Å². The average Bonchev–Trinajstić information content (AvgIpc) is 3.71.